The Kier molecular flexibility index (Phi) is 5.46. The number of amidine groups is 2. The van der Waals surface area contributed by atoms with Crippen molar-refractivity contribution in [1.82, 2.24) is 0 Å². The van der Waals surface area contributed by atoms with Crippen molar-refractivity contribution >= 4 is 40.6 Å². The Hall–Kier alpha value is -3.19. The Bertz CT molecular complexity index is 1010. The van der Waals surface area contributed by atoms with Gasteiger partial charge in [-0.05, 0) is 30.3 Å². The van der Waals surface area contributed by atoms with Crippen LogP contribution in [0, 0.1) is 5.41 Å². The third-order valence-corrected chi connectivity index (χ3v) is 4.66. The molecule has 0 spiro atoms. The van der Waals surface area contributed by atoms with E-state index in [4.69, 9.17) is 38.2 Å². The maximum Gasteiger partial charge on any atom is 0.260 e. The highest BCUT2D eigenvalue weighted by Crippen LogP contribution is 2.31. The van der Waals surface area contributed by atoms with Gasteiger partial charge in [0, 0.05) is 23.1 Å². The van der Waals surface area contributed by atoms with E-state index in [9.17, 15) is 4.79 Å². The van der Waals surface area contributed by atoms with Gasteiger partial charge in [-0.25, -0.2) is 4.58 Å². The van der Waals surface area contributed by atoms with E-state index in [1.807, 2.05) is 24.3 Å². The fourth-order valence-electron chi connectivity index (χ4n) is 3.14. The molecule has 0 aromatic heterocycles. The largest absolute Gasteiger partial charge is 0.497 e. The van der Waals surface area contributed by atoms with E-state index in [0.717, 1.165) is 11.1 Å². The zero-order valence-electron chi connectivity index (χ0n) is 15.6. The summed E-state index contributed by atoms with van der Waals surface area (Å²) in [5, 5.41) is 9.24. The molecule has 1 atom stereocenters. The Labute approximate surface area is 167 Å². The number of rotatable bonds is 4. The van der Waals surface area contributed by atoms with Gasteiger partial charge in [-0.15, -0.1) is 0 Å². The molecular weight excluding hydrogens is 378 g/mol. The van der Waals surface area contributed by atoms with Crippen molar-refractivity contribution in [3.63, 3.8) is 0 Å². The molecule has 144 valence electrons. The number of primary amides is 1. The van der Waals surface area contributed by atoms with Gasteiger partial charge in [-0.2, -0.15) is 5.41 Å². The highest BCUT2D eigenvalue weighted by atomic mass is 35.5. The molecule has 3 rings (SSSR count). The Morgan fingerprint density at radius 2 is 1.93 bits per heavy atom. The number of amides is 1. The second-order valence-electron chi connectivity index (χ2n) is 6.42. The van der Waals surface area contributed by atoms with Gasteiger partial charge in [-0.1, -0.05) is 23.7 Å². The van der Waals surface area contributed by atoms with Crippen molar-refractivity contribution < 1.29 is 14.1 Å². The molecule has 1 aliphatic heterocycles. The molecule has 0 fully saturated rings. The first kappa shape index (κ1) is 19.6. The molecule has 0 saturated heterocycles. The van der Waals surface area contributed by atoms with Gasteiger partial charge in [0.1, 0.15) is 17.5 Å². The van der Waals surface area contributed by atoms with Crippen LogP contribution in [-0.2, 0) is 4.79 Å². The fraction of sp³-hybridized carbons (Fsp3) is 0.200. The monoisotopic (exact) mass is 398 g/mol. The molecule has 28 heavy (non-hydrogen) atoms. The summed E-state index contributed by atoms with van der Waals surface area (Å²) >= 11 is 6.03. The first-order valence-corrected chi connectivity index (χ1v) is 8.97. The number of carbonyl (C=O) groups excluding carboxylic acids is 1. The Balaban J connectivity index is 2.34. The number of aliphatic imine (C=N–C) groups is 1. The number of hydrogen-bond acceptors (Lipinski definition) is 4. The summed E-state index contributed by atoms with van der Waals surface area (Å²) in [4.78, 5) is 16.4. The normalized spacial score (nSPS) is 18.0. The predicted molar refractivity (Wildman–Crippen MR) is 110 cm³/mol. The van der Waals surface area contributed by atoms with E-state index in [1.165, 1.54) is 0 Å². The second-order valence-corrected chi connectivity index (χ2v) is 6.85. The third kappa shape index (κ3) is 3.75. The summed E-state index contributed by atoms with van der Waals surface area (Å²) < 4.78 is 6.96. The van der Waals surface area contributed by atoms with Crippen LogP contribution in [0.3, 0.4) is 0 Å². The summed E-state index contributed by atoms with van der Waals surface area (Å²) in [6.45, 7) is 1.69. The predicted octanol–water partition coefficient (Wildman–Crippen LogP) is 2.44. The molecule has 0 unspecified atom stereocenters. The van der Waals surface area contributed by atoms with Crippen molar-refractivity contribution in [2.45, 2.75) is 19.4 Å². The zero-order valence-corrected chi connectivity index (χ0v) is 16.3. The molecule has 0 radical (unpaired) electrons. The van der Waals surface area contributed by atoms with Gasteiger partial charge in [0.2, 0.25) is 5.91 Å². The standard InChI is InChI=1S/C20H20ClN5O2/c1-11(22)26-17-8-7-14(28-2)9-15(17)19(12-3-5-13(21)6-4-12)25-16(20(26)24)10-18(23)27/h3-9,16,22,24H,10H2,1-2H3,(H2,23,27)/p+1/t16-/m0/s1. The van der Waals surface area contributed by atoms with Crippen LogP contribution in [0.25, 0.3) is 0 Å². The van der Waals surface area contributed by atoms with E-state index < -0.39 is 11.9 Å². The first-order valence-electron chi connectivity index (χ1n) is 8.60. The SMILES string of the molecule is COc1ccc2c(c1)C(c1ccc(Cl)cc1)=N[C@@H](CC(N)=O)C(=N)[N+]2=C(C)N. The molecule has 1 heterocycles. The molecule has 7 nitrogen and oxygen atoms in total. The summed E-state index contributed by atoms with van der Waals surface area (Å²) in [7, 11) is 1.58. The number of halogens is 1. The summed E-state index contributed by atoms with van der Waals surface area (Å²) in [5.74, 6) is 0.551. The number of hydrogen-bond donors (Lipinski definition) is 3. The molecule has 8 heteroatoms. The van der Waals surface area contributed by atoms with Crippen LogP contribution >= 0.6 is 11.6 Å². The lowest BCUT2D eigenvalue weighted by Gasteiger charge is -2.13. The molecular formula is C20H21ClN5O2+. The molecule has 0 saturated carbocycles. The third-order valence-electron chi connectivity index (χ3n) is 4.41. The first-order chi connectivity index (χ1) is 13.3. The summed E-state index contributed by atoms with van der Waals surface area (Å²) in [6.07, 6.45) is -0.106. The smallest absolute Gasteiger partial charge is 0.260 e. The number of methoxy groups -OCH3 is 1. The summed E-state index contributed by atoms with van der Waals surface area (Å²) in [6, 6.07) is 11.9. The van der Waals surface area contributed by atoms with Gasteiger partial charge in [0.25, 0.3) is 5.84 Å². The van der Waals surface area contributed by atoms with E-state index in [-0.39, 0.29) is 12.3 Å². The van der Waals surface area contributed by atoms with Gasteiger partial charge in [-0.3, -0.25) is 9.79 Å². The average molecular weight is 399 g/mol. The molecule has 1 aliphatic rings. The number of nitrogens with two attached hydrogens (primary N) is 2. The minimum Gasteiger partial charge on any atom is -0.497 e. The van der Waals surface area contributed by atoms with Crippen molar-refractivity contribution in [1.29, 1.82) is 5.41 Å². The van der Waals surface area contributed by atoms with Crippen LogP contribution in [0.4, 0.5) is 5.69 Å². The fourth-order valence-corrected chi connectivity index (χ4v) is 3.27. The van der Waals surface area contributed by atoms with E-state index >= 15 is 0 Å². The molecule has 2 aromatic carbocycles. The van der Waals surface area contributed by atoms with Gasteiger partial charge < -0.3 is 16.2 Å². The molecule has 0 bridgehead atoms. The van der Waals surface area contributed by atoms with E-state index in [2.05, 4.69) is 0 Å². The lowest BCUT2D eigenvalue weighted by atomic mass is 10.00. The number of nitrogens with zero attached hydrogens (tertiary/aromatic N) is 2. The maximum atomic E-state index is 11.6. The number of benzodiazepines with no additional fused rings is 1. The van der Waals surface area contributed by atoms with E-state index in [0.29, 0.717) is 28.0 Å². The zero-order chi connectivity index (χ0) is 20.4. The van der Waals surface area contributed by atoms with E-state index in [1.54, 1.807) is 36.8 Å². The Morgan fingerprint density at radius 3 is 2.50 bits per heavy atom. The minimum absolute atomic E-state index is 0.0779. The van der Waals surface area contributed by atoms with Crippen molar-refractivity contribution in [2.75, 3.05) is 7.11 Å². The van der Waals surface area contributed by atoms with Crippen molar-refractivity contribution in [3.8, 4) is 5.75 Å². The molecule has 2 aromatic rings. The number of benzene rings is 2. The average Bonchev–Trinajstić information content (AvgIpc) is 2.76. The van der Waals surface area contributed by atoms with Crippen LogP contribution < -0.4 is 16.2 Å². The quantitative estimate of drug-likeness (QED) is 0.542. The highest BCUT2D eigenvalue weighted by molar-refractivity contribution is 6.30. The van der Waals surface area contributed by atoms with Crippen LogP contribution in [0.1, 0.15) is 24.5 Å². The minimum atomic E-state index is -0.778. The molecule has 5 N–H and O–H groups in total. The van der Waals surface area contributed by atoms with Crippen LogP contribution in [-0.4, -0.2) is 41.0 Å². The van der Waals surface area contributed by atoms with Crippen molar-refractivity contribution in [3.05, 3.63) is 58.6 Å². The topological polar surface area (TPSA) is 118 Å². The molecule has 1 amide bonds. The maximum absolute atomic E-state index is 11.6. The Morgan fingerprint density at radius 1 is 1.25 bits per heavy atom. The van der Waals surface area contributed by atoms with Gasteiger partial charge in [0.15, 0.2) is 5.84 Å². The summed E-state index contributed by atoms with van der Waals surface area (Å²) in [5.41, 5.74) is 14.3. The van der Waals surface area contributed by atoms with Crippen LogP contribution in [0.5, 0.6) is 5.75 Å². The van der Waals surface area contributed by atoms with Gasteiger partial charge in [0.05, 0.1) is 19.2 Å². The lowest BCUT2D eigenvalue weighted by molar-refractivity contribution is -0.314. The van der Waals surface area contributed by atoms with Crippen LogP contribution in [0.15, 0.2) is 47.5 Å². The highest BCUT2D eigenvalue weighted by Gasteiger charge is 2.33. The van der Waals surface area contributed by atoms with Crippen LogP contribution in [0.2, 0.25) is 5.02 Å². The number of fused-ring (bicyclic) bond motifs is 1. The second kappa shape index (κ2) is 7.82. The number of nitrogens with one attached hydrogen (secondary N) is 1. The van der Waals surface area contributed by atoms with Crippen molar-refractivity contribution in [2.24, 2.45) is 16.5 Å². The lowest BCUT2D eigenvalue weighted by Crippen LogP contribution is -2.35. The molecule has 0 aliphatic carbocycles. The number of carbonyl (C=O) groups is 1. The van der Waals surface area contributed by atoms with Gasteiger partial charge >= 0.3 is 0 Å². The number of ether oxygens (including phenoxy) is 1.